The Morgan fingerprint density at radius 1 is 0.805 bits per heavy atom. The van der Waals surface area contributed by atoms with Crippen molar-refractivity contribution in [3.8, 4) is 28.4 Å². The van der Waals surface area contributed by atoms with Gasteiger partial charge in [-0.25, -0.2) is 0 Å². The highest BCUT2D eigenvalue weighted by Crippen LogP contribution is 2.32. The maximum atomic E-state index is 12.9. The predicted octanol–water partition coefficient (Wildman–Crippen LogP) is 5.60. The van der Waals surface area contributed by atoms with Crippen molar-refractivity contribution in [2.75, 3.05) is 31.5 Å². The van der Waals surface area contributed by atoms with Gasteiger partial charge in [0.2, 0.25) is 5.91 Å². The number of piperazine rings is 1. The van der Waals surface area contributed by atoms with Crippen molar-refractivity contribution in [3.63, 3.8) is 0 Å². The van der Waals surface area contributed by atoms with Crippen LogP contribution in [-0.2, 0) is 16.1 Å². The van der Waals surface area contributed by atoms with E-state index in [1.54, 1.807) is 43.3 Å². The van der Waals surface area contributed by atoms with Gasteiger partial charge < -0.3 is 19.7 Å². The van der Waals surface area contributed by atoms with Gasteiger partial charge in [0.05, 0.1) is 5.69 Å². The molecule has 5 rings (SSSR count). The van der Waals surface area contributed by atoms with Gasteiger partial charge in [-0.15, -0.1) is 0 Å². The summed E-state index contributed by atoms with van der Waals surface area (Å²) in [5, 5.41) is 2.83. The first kappa shape index (κ1) is 27.6. The third-order valence-corrected chi connectivity index (χ3v) is 7.01. The summed E-state index contributed by atoms with van der Waals surface area (Å²) in [7, 11) is 0. The Kier molecular flexibility index (Phi) is 8.71. The molecule has 0 unspecified atom stereocenters. The van der Waals surface area contributed by atoms with Crippen LogP contribution in [0.25, 0.3) is 11.1 Å². The fraction of sp³-hybridized carbons (Fsp3) is 0.182. The molecule has 208 valence electrons. The summed E-state index contributed by atoms with van der Waals surface area (Å²) in [6, 6.07) is 29.7. The molecule has 0 spiro atoms. The second-order valence-electron chi connectivity index (χ2n) is 9.80. The third-order valence-electron chi connectivity index (χ3n) is 7.01. The molecule has 0 bridgehead atoms. The molecule has 1 N–H and O–H groups in total. The molecule has 0 aromatic heterocycles. The Morgan fingerprint density at radius 2 is 1.46 bits per heavy atom. The smallest absolute Gasteiger partial charge is 0.298 e. The van der Waals surface area contributed by atoms with Crippen LogP contribution in [0, 0.1) is 0 Å². The second-order valence-corrected chi connectivity index (χ2v) is 9.80. The maximum Gasteiger partial charge on any atom is 0.298 e. The van der Waals surface area contributed by atoms with Gasteiger partial charge in [-0.2, -0.15) is 0 Å². The third kappa shape index (κ3) is 7.17. The first-order valence-corrected chi connectivity index (χ1v) is 13.4. The van der Waals surface area contributed by atoms with E-state index in [0.717, 1.165) is 43.9 Å². The number of carbonyl (C=O) groups excluding carboxylic acids is 3. The zero-order valence-corrected chi connectivity index (χ0v) is 22.8. The topological polar surface area (TPSA) is 88.2 Å². The van der Waals surface area contributed by atoms with Gasteiger partial charge in [0.15, 0.2) is 5.75 Å². The minimum Gasteiger partial charge on any atom is -0.457 e. The van der Waals surface area contributed by atoms with Crippen LogP contribution in [0.2, 0.25) is 0 Å². The average molecular weight is 550 g/mol. The Bertz CT molecular complexity index is 1500. The molecular weight excluding hydrogens is 518 g/mol. The summed E-state index contributed by atoms with van der Waals surface area (Å²) >= 11 is 0. The van der Waals surface area contributed by atoms with Crippen molar-refractivity contribution >= 4 is 24.0 Å². The van der Waals surface area contributed by atoms with E-state index in [2.05, 4.69) is 22.3 Å². The van der Waals surface area contributed by atoms with Gasteiger partial charge >= 0.3 is 0 Å². The summed E-state index contributed by atoms with van der Waals surface area (Å²) in [5.41, 5.74) is 3.81. The fourth-order valence-electron chi connectivity index (χ4n) is 4.73. The zero-order chi connectivity index (χ0) is 28.6. The molecule has 1 saturated heterocycles. The number of para-hydroxylation sites is 1. The lowest BCUT2D eigenvalue weighted by molar-refractivity contribution is -0.130. The Hall–Kier alpha value is -4.95. The van der Waals surface area contributed by atoms with Gasteiger partial charge in [-0.05, 0) is 65.2 Å². The SMILES string of the molecule is CC(=O)N1CCN(Cc2ccc(-c3ccc(NC(=O)c4ccc(Oc5ccccc5)cc4)c(OC=O)c3)cc2)CC1. The molecular formula is C33H31N3O5. The molecule has 0 aliphatic carbocycles. The fourth-order valence-corrected chi connectivity index (χ4v) is 4.73. The lowest BCUT2D eigenvalue weighted by atomic mass is 10.0. The van der Waals surface area contributed by atoms with Gasteiger partial charge in [0.25, 0.3) is 12.4 Å². The number of hydrogen-bond acceptors (Lipinski definition) is 6. The van der Waals surface area contributed by atoms with E-state index in [-0.39, 0.29) is 17.6 Å². The first-order chi connectivity index (χ1) is 20.0. The van der Waals surface area contributed by atoms with E-state index in [0.29, 0.717) is 29.2 Å². The first-order valence-electron chi connectivity index (χ1n) is 13.4. The average Bonchev–Trinajstić information content (AvgIpc) is 3.00. The minimum atomic E-state index is -0.340. The highest BCUT2D eigenvalue weighted by molar-refractivity contribution is 6.05. The highest BCUT2D eigenvalue weighted by Gasteiger charge is 2.18. The molecule has 2 amide bonds. The van der Waals surface area contributed by atoms with Crippen molar-refractivity contribution in [2.24, 2.45) is 0 Å². The molecule has 1 aliphatic rings. The molecule has 1 aliphatic heterocycles. The van der Waals surface area contributed by atoms with E-state index >= 15 is 0 Å². The summed E-state index contributed by atoms with van der Waals surface area (Å²) in [6.07, 6.45) is 0. The minimum absolute atomic E-state index is 0.126. The number of carbonyl (C=O) groups is 3. The highest BCUT2D eigenvalue weighted by atomic mass is 16.5. The normalized spacial score (nSPS) is 13.3. The quantitative estimate of drug-likeness (QED) is 0.274. The van der Waals surface area contributed by atoms with Crippen molar-refractivity contribution < 1.29 is 23.9 Å². The number of hydrogen-bond donors (Lipinski definition) is 1. The monoisotopic (exact) mass is 549 g/mol. The Morgan fingerprint density at radius 3 is 2.12 bits per heavy atom. The van der Waals surface area contributed by atoms with E-state index in [1.807, 2.05) is 53.4 Å². The number of ether oxygens (including phenoxy) is 2. The van der Waals surface area contributed by atoms with Crippen LogP contribution in [0.5, 0.6) is 17.2 Å². The molecule has 0 atom stereocenters. The molecule has 4 aromatic carbocycles. The van der Waals surface area contributed by atoms with E-state index in [9.17, 15) is 14.4 Å². The number of anilines is 1. The summed E-state index contributed by atoms with van der Waals surface area (Å²) in [5.74, 6) is 1.36. The Labute approximate surface area is 239 Å². The van der Waals surface area contributed by atoms with Gasteiger partial charge in [0.1, 0.15) is 11.5 Å². The van der Waals surface area contributed by atoms with Gasteiger partial charge in [-0.3, -0.25) is 19.3 Å². The standard InChI is InChI=1S/C33H31N3O5/c1-24(38)36-19-17-35(18-20-36)22-25-7-9-26(10-8-25)28-13-16-31(32(21-28)40-23-37)34-33(39)27-11-14-30(15-12-27)41-29-5-3-2-4-6-29/h2-16,21,23H,17-20,22H2,1H3,(H,34,39). The van der Waals surface area contributed by atoms with Gasteiger partial charge in [0, 0.05) is 45.2 Å². The van der Waals surface area contributed by atoms with Crippen molar-refractivity contribution in [3.05, 3.63) is 108 Å². The molecule has 0 radical (unpaired) electrons. The van der Waals surface area contributed by atoms with Crippen LogP contribution >= 0.6 is 0 Å². The largest absolute Gasteiger partial charge is 0.457 e. The molecule has 8 nitrogen and oxygen atoms in total. The number of benzene rings is 4. The van der Waals surface area contributed by atoms with Crippen LogP contribution in [-0.4, -0.2) is 54.3 Å². The Balaban J connectivity index is 1.23. The maximum absolute atomic E-state index is 12.9. The van der Waals surface area contributed by atoms with Crippen LogP contribution < -0.4 is 14.8 Å². The van der Waals surface area contributed by atoms with E-state index in [4.69, 9.17) is 9.47 Å². The van der Waals surface area contributed by atoms with Crippen molar-refractivity contribution in [1.82, 2.24) is 9.80 Å². The van der Waals surface area contributed by atoms with E-state index in [1.165, 1.54) is 5.56 Å². The van der Waals surface area contributed by atoms with Crippen LogP contribution in [0.1, 0.15) is 22.8 Å². The molecule has 8 heteroatoms. The van der Waals surface area contributed by atoms with Crippen molar-refractivity contribution in [2.45, 2.75) is 13.5 Å². The number of nitrogens with one attached hydrogen (secondary N) is 1. The summed E-state index contributed by atoms with van der Waals surface area (Å²) in [4.78, 5) is 39.9. The summed E-state index contributed by atoms with van der Waals surface area (Å²) in [6.45, 7) is 5.99. The number of nitrogens with zero attached hydrogens (tertiary/aromatic N) is 2. The number of rotatable bonds is 9. The number of amides is 2. The summed E-state index contributed by atoms with van der Waals surface area (Å²) < 4.78 is 11.0. The lowest BCUT2D eigenvalue weighted by Crippen LogP contribution is -2.47. The second kappa shape index (κ2) is 12.9. The predicted molar refractivity (Wildman–Crippen MR) is 157 cm³/mol. The van der Waals surface area contributed by atoms with Gasteiger partial charge in [-0.1, -0.05) is 48.5 Å². The van der Waals surface area contributed by atoms with Crippen molar-refractivity contribution in [1.29, 1.82) is 0 Å². The molecule has 0 saturated carbocycles. The lowest BCUT2D eigenvalue weighted by Gasteiger charge is -2.34. The van der Waals surface area contributed by atoms with Crippen LogP contribution in [0.4, 0.5) is 5.69 Å². The molecule has 41 heavy (non-hydrogen) atoms. The molecule has 1 fully saturated rings. The molecule has 4 aromatic rings. The van der Waals surface area contributed by atoms with E-state index < -0.39 is 0 Å². The zero-order valence-electron chi connectivity index (χ0n) is 22.8. The van der Waals surface area contributed by atoms with Crippen LogP contribution in [0.15, 0.2) is 97.1 Å². The van der Waals surface area contributed by atoms with Crippen LogP contribution in [0.3, 0.4) is 0 Å². The molecule has 1 heterocycles.